The molecule has 0 amide bonds. The summed E-state index contributed by atoms with van der Waals surface area (Å²) in [5, 5.41) is 38.0. The summed E-state index contributed by atoms with van der Waals surface area (Å²) in [6, 6.07) is 2.55. The van der Waals surface area contributed by atoms with Gasteiger partial charge < -0.3 is 25.1 Å². The van der Waals surface area contributed by atoms with Crippen LogP contribution in [0.5, 0.6) is 11.5 Å². The average Bonchev–Trinajstić information content (AvgIpc) is 2.34. The van der Waals surface area contributed by atoms with Crippen LogP contribution in [0.2, 0.25) is 0 Å². The Bertz CT molecular complexity index is 433. The Morgan fingerprint density at radius 1 is 1.11 bits per heavy atom. The van der Waals surface area contributed by atoms with Crippen LogP contribution in [0.3, 0.4) is 0 Å². The van der Waals surface area contributed by atoms with Crippen LogP contribution in [0, 0.1) is 10.4 Å². The fraction of sp³-hybridized carbons (Fsp3) is 0.200. The molecule has 100 valence electrons. The Morgan fingerprint density at radius 3 is 2.11 bits per heavy atom. The minimum Gasteiger partial charge on any atom is -0.769 e. The zero-order chi connectivity index (χ0) is 13.7. The molecule has 8 nitrogen and oxygen atoms in total. The number of hydrogen-bond donors (Lipinski definition) is 2. The van der Waals surface area contributed by atoms with E-state index in [9.17, 15) is 10.4 Å². The van der Waals surface area contributed by atoms with Crippen LogP contribution >= 0.6 is 0 Å². The monoisotopic (exact) mass is 256 g/mol. The van der Waals surface area contributed by atoms with Crippen molar-refractivity contribution in [2.45, 2.75) is 0 Å². The van der Waals surface area contributed by atoms with Crippen LogP contribution in [0.4, 0.5) is 5.69 Å². The van der Waals surface area contributed by atoms with Gasteiger partial charge in [-0.05, 0) is 12.1 Å². The lowest BCUT2D eigenvalue weighted by Gasteiger charge is -2.39. The van der Waals surface area contributed by atoms with Gasteiger partial charge in [0.15, 0.2) is 11.5 Å². The molecule has 0 saturated heterocycles. The van der Waals surface area contributed by atoms with Gasteiger partial charge in [-0.3, -0.25) is 10.4 Å². The number of hydrogen-bond acceptors (Lipinski definition) is 8. The van der Waals surface area contributed by atoms with Gasteiger partial charge >= 0.3 is 0 Å². The Balaban J connectivity index is 3.29. The second-order valence-electron chi connectivity index (χ2n) is 3.16. The Kier molecular flexibility index (Phi) is 4.75. The van der Waals surface area contributed by atoms with Gasteiger partial charge in [0.2, 0.25) is 0 Å². The molecule has 0 aromatic heterocycles. The molecule has 0 aliphatic rings. The van der Waals surface area contributed by atoms with E-state index < -0.39 is 5.23 Å². The topological polar surface area (TPSA) is 112 Å². The SMILES string of the molecule is COc1cc(C=CN(O)O)c(N([O-])[O-])cc1OC. The fourth-order valence-electron chi connectivity index (χ4n) is 1.32. The summed E-state index contributed by atoms with van der Waals surface area (Å²) in [6.07, 6.45) is 1.99. The predicted molar refractivity (Wildman–Crippen MR) is 63.2 cm³/mol. The van der Waals surface area contributed by atoms with Gasteiger partial charge in [-0.2, -0.15) is 0 Å². The van der Waals surface area contributed by atoms with Crippen LogP contribution in [-0.4, -0.2) is 29.9 Å². The Hall–Kier alpha value is -2.00. The van der Waals surface area contributed by atoms with E-state index in [2.05, 4.69) is 0 Å². The van der Waals surface area contributed by atoms with E-state index in [0.717, 1.165) is 12.3 Å². The van der Waals surface area contributed by atoms with E-state index in [4.69, 9.17) is 19.9 Å². The third-order valence-corrected chi connectivity index (χ3v) is 2.12. The van der Waals surface area contributed by atoms with Gasteiger partial charge in [0.25, 0.3) is 0 Å². The molecule has 1 rings (SSSR count). The average molecular weight is 256 g/mol. The highest BCUT2D eigenvalue weighted by molar-refractivity contribution is 5.73. The van der Waals surface area contributed by atoms with Crippen LogP contribution in [-0.2, 0) is 0 Å². The van der Waals surface area contributed by atoms with Crippen molar-refractivity contribution in [1.29, 1.82) is 0 Å². The number of benzene rings is 1. The van der Waals surface area contributed by atoms with E-state index in [1.807, 2.05) is 0 Å². The molecule has 0 fully saturated rings. The molecule has 8 heteroatoms. The van der Waals surface area contributed by atoms with Crippen LogP contribution < -0.4 is 14.7 Å². The molecule has 0 atom stereocenters. The quantitative estimate of drug-likeness (QED) is 0.763. The van der Waals surface area contributed by atoms with Crippen molar-refractivity contribution in [3.8, 4) is 11.5 Å². The summed E-state index contributed by atoms with van der Waals surface area (Å²) in [7, 11) is 2.75. The number of methoxy groups -OCH3 is 2. The number of nitrogens with zero attached hydrogens (tertiary/aromatic N) is 2. The highest BCUT2D eigenvalue weighted by Gasteiger charge is 2.08. The number of rotatable bonds is 5. The minimum absolute atomic E-state index is 0.144. The van der Waals surface area contributed by atoms with Gasteiger partial charge in [-0.15, -0.1) is 5.23 Å². The van der Waals surface area contributed by atoms with Crippen molar-refractivity contribution in [1.82, 2.24) is 5.23 Å². The first kappa shape index (κ1) is 14.1. The normalized spacial score (nSPS) is 10.6. The second-order valence-corrected chi connectivity index (χ2v) is 3.16. The lowest BCUT2D eigenvalue weighted by molar-refractivity contribution is -0.266. The maximum Gasteiger partial charge on any atom is 0.162 e. The minimum atomic E-state index is -0.610. The summed E-state index contributed by atoms with van der Waals surface area (Å²) in [5.41, 5.74) is -0.100. The molecule has 0 saturated carbocycles. The molecule has 18 heavy (non-hydrogen) atoms. The summed E-state index contributed by atoms with van der Waals surface area (Å²) in [4.78, 5) is 0. The molecule has 2 N–H and O–H groups in total. The third kappa shape index (κ3) is 3.25. The first-order valence-corrected chi connectivity index (χ1v) is 4.75. The standard InChI is InChI=1S/C10H12N2O6/c1-17-9-5-7(3-4-11(13)14)8(12(15)16)6-10(9)18-2/h3-6,13-14H,1-2H3/q-2. The van der Waals surface area contributed by atoms with Crippen LogP contribution in [0.15, 0.2) is 18.3 Å². The number of hydroxylamine groups is 2. The molecule has 0 aliphatic carbocycles. The van der Waals surface area contributed by atoms with E-state index in [1.165, 1.54) is 26.4 Å². The summed E-state index contributed by atoms with van der Waals surface area (Å²) in [5.74, 6) is 0.511. The van der Waals surface area contributed by atoms with Crippen molar-refractivity contribution in [2.24, 2.45) is 0 Å². The molecular formula is C10H12N2O6-2. The number of ether oxygens (including phenoxy) is 2. The van der Waals surface area contributed by atoms with Gasteiger partial charge in [0.05, 0.1) is 20.4 Å². The van der Waals surface area contributed by atoms with E-state index in [-0.39, 0.29) is 22.2 Å². The smallest absolute Gasteiger partial charge is 0.162 e. The summed E-state index contributed by atoms with van der Waals surface area (Å²) < 4.78 is 9.94. The van der Waals surface area contributed by atoms with Crippen LogP contribution in [0.1, 0.15) is 5.56 Å². The summed E-state index contributed by atoms with van der Waals surface area (Å²) in [6.45, 7) is 0. The first-order valence-electron chi connectivity index (χ1n) is 4.75. The molecular weight excluding hydrogens is 244 g/mol. The van der Waals surface area contributed by atoms with E-state index in [0.29, 0.717) is 5.75 Å². The highest BCUT2D eigenvalue weighted by atomic mass is 16.8. The summed E-state index contributed by atoms with van der Waals surface area (Å²) >= 11 is 0. The van der Waals surface area contributed by atoms with Gasteiger partial charge in [0.1, 0.15) is 0 Å². The lowest BCUT2D eigenvalue weighted by atomic mass is 10.1. The van der Waals surface area contributed by atoms with Crippen molar-refractivity contribution in [3.05, 3.63) is 34.3 Å². The molecule has 0 heterocycles. The van der Waals surface area contributed by atoms with Crippen LogP contribution in [0.25, 0.3) is 6.08 Å². The third-order valence-electron chi connectivity index (χ3n) is 2.12. The molecule has 0 radical (unpaired) electrons. The molecule has 0 aliphatic heterocycles. The highest BCUT2D eigenvalue weighted by Crippen LogP contribution is 2.35. The maximum absolute atomic E-state index is 10.9. The Morgan fingerprint density at radius 2 is 1.67 bits per heavy atom. The second kappa shape index (κ2) is 6.07. The van der Waals surface area contributed by atoms with E-state index >= 15 is 0 Å². The molecule has 1 aromatic carbocycles. The number of anilines is 1. The van der Waals surface area contributed by atoms with Gasteiger partial charge in [-0.1, -0.05) is 0 Å². The first-order chi connectivity index (χ1) is 8.49. The van der Waals surface area contributed by atoms with Gasteiger partial charge in [-0.25, -0.2) is 0 Å². The van der Waals surface area contributed by atoms with Crippen molar-refractivity contribution >= 4 is 11.8 Å². The molecule has 0 unspecified atom stereocenters. The van der Waals surface area contributed by atoms with Crippen molar-refractivity contribution in [2.75, 3.05) is 19.4 Å². The van der Waals surface area contributed by atoms with Crippen molar-refractivity contribution in [3.63, 3.8) is 0 Å². The molecule has 1 aromatic rings. The largest absolute Gasteiger partial charge is 0.769 e. The molecule has 0 bridgehead atoms. The Labute approximate surface area is 103 Å². The van der Waals surface area contributed by atoms with Crippen molar-refractivity contribution < 1.29 is 19.9 Å². The zero-order valence-corrected chi connectivity index (χ0v) is 9.73. The maximum atomic E-state index is 10.9. The zero-order valence-electron chi connectivity index (χ0n) is 9.73. The fourth-order valence-corrected chi connectivity index (χ4v) is 1.32. The predicted octanol–water partition coefficient (Wildman–Crippen LogP) is 1.56. The lowest BCUT2D eigenvalue weighted by Crippen LogP contribution is -2.07. The van der Waals surface area contributed by atoms with Gasteiger partial charge in [0, 0.05) is 17.3 Å². The molecule has 0 spiro atoms. The van der Waals surface area contributed by atoms with E-state index in [1.54, 1.807) is 0 Å².